The Morgan fingerprint density at radius 2 is 1.75 bits per heavy atom. The van der Waals surface area contributed by atoms with Crippen LogP contribution < -0.4 is 4.74 Å². The predicted octanol–water partition coefficient (Wildman–Crippen LogP) is 2.47. The van der Waals surface area contributed by atoms with Crippen LogP contribution in [0.4, 0.5) is 8.78 Å². The summed E-state index contributed by atoms with van der Waals surface area (Å²) in [7, 11) is 5.19. The Morgan fingerprint density at radius 1 is 1.19 bits per heavy atom. The molecule has 1 aromatic rings. The predicted molar refractivity (Wildman–Crippen MR) is 59.8 cm³/mol. The molecule has 2 nitrogen and oxygen atoms in total. The highest BCUT2D eigenvalue weighted by Crippen LogP contribution is 2.23. The Balaban J connectivity index is 2.68. The Labute approximate surface area is 94.8 Å². The van der Waals surface area contributed by atoms with Gasteiger partial charge in [0.15, 0.2) is 17.4 Å². The van der Waals surface area contributed by atoms with Gasteiger partial charge in [0.25, 0.3) is 0 Å². The highest BCUT2D eigenvalue weighted by atomic mass is 19.1. The van der Waals surface area contributed by atoms with Gasteiger partial charge in [0, 0.05) is 0 Å². The molecular formula is C12H17F2NO. The maximum Gasteiger partial charge on any atom is 0.190 e. The van der Waals surface area contributed by atoms with Crippen molar-refractivity contribution in [3.05, 3.63) is 29.3 Å². The van der Waals surface area contributed by atoms with Gasteiger partial charge in [-0.05, 0) is 51.2 Å². The standard InChI is InChI=1S/C12H17F2NO/c1-15(2)6-4-5-9-7-10(13)12(16-3)11(14)8-9/h7-8H,4-6H2,1-3H3. The number of nitrogens with zero attached hydrogens (tertiary/aromatic N) is 1. The number of aryl methyl sites for hydroxylation is 1. The van der Waals surface area contributed by atoms with Gasteiger partial charge in [0.1, 0.15) is 0 Å². The first kappa shape index (κ1) is 12.9. The van der Waals surface area contributed by atoms with Crippen molar-refractivity contribution in [3.63, 3.8) is 0 Å². The van der Waals surface area contributed by atoms with Crippen molar-refractivity contribution in [2.24, 2.45) is 0 Å². The molecule has 0 aliphatic heterocycles. The maximum atomic E-state index is 13.3. The van der Waals surface area contributed by atoms with Crippen LogP contribution in [0.15, 0.2) is 12.1 Å². The second kappa shape index (κ2) is 5.80. The van der Waals surface area contributed by atoms with Gasteiger partial charge < -0.3 is 9.64 Å². The summed E-state index contributed by atoms with van der Waals surface area (Å²) in [4.78, 5) is 2.04. The van der Waals surface area contributed by atoms with E-state index >= 15 is 0 Å². The number of methoxy groups -OCH3 is 1. The third-order valence-electron chi connectivity index (χ3n) is 2.33. The molecule has 0 unspecified atom stereocenters. The lowest BCUT2D eigenvalue weighted by Gasteiger charge is -2.10. The summed E-state index contributed by atoms with van der Waals surface area (Å²) in [6.45, 7) is 0.898. The molecule has 0 heterocycles. The maximum absolute atomic E-state index is 13.3. The Morgan fingerprint density at radius 3 is 2.19 bits per heavy atom. The summed E-state index contributed by atoms with van der Waals surface area (Å²) in [5.41, 5.74) is 0.664. The van der Waals surface area contributed by atoms with Crippen molar-refractivity contribution in [2.45, 2.75) is 12.8 Å². The number of rotatable bonds is 5. The molecule has 16 heavy (non-hydrogen) atoms. The Kier molecular flexibility index (Phi) is 4.68. The van der Waals surface area contributed by atoms with Crippen LogP contribution in [0.2, 0.25) is 0 Å². The van der Waals surface area contributed by atoms with Crippen molar-refractivity contribution >= 4 is 0 Å². The second-order valence-corrected chi connectivity index (χ2v) is 4.00. The van der Waals surface area contributed by atoms with E-state index in [9.17, 15) is 8.78 Å². The van der Waals surface area contributed by atoms with Crippen LogP contribution in [0.25, 0.3) is 0 Å². The van der Waals surface area contributed by atoms with Crippen LogP contribution in [0.3, 0.4) is 0 Å². The molecule has 1 rings (SSSR count). The van der Waals surface area contributed by atoms with Crippen molar-refractivity contribution in [2.75, 3.05) is 27.7 Å². The van der Waals surface area contributed by atoms with Crippen LogP contribution in [0.1, 0.15) is 12.0 Å². The highest BCUT2D eigenvalue weighted by molar-refractivity contribution is 5.31. The van der Waals surface area contributed by atoms with E-state index in [2.05, 4.69) is 4.74 Å². The summed E-state index contributed by atoms with van der Waals surface area (Å²) >= 11 is 0. The number of halogens is 2. The van der Waals surface area contributed by atoms with E-state index in [4.69, 9.17) is 0 Å². The van der Waals surface area contributed by atoms with Crippen LogP contribution in [0.5, 0.6) is 5.75 Å². The first-order chi connectivity index (χ1) is 7.54. The van der Waals surface area contributed by atoms with Gasteiger partial charge in [-0.15, -0.1) is 0 Å². The summed E-state index contributed by atoms with van der Waals surface area (Å²) in [6.07, 6.45) is 1.54. The lowest BCUT2D eigenvalue weighted by Crippen LogP contribution is -2.13. The monoisotopic (exact) mass is 229 g/mol. The molecule has 1 aromatic carbocycles. The van der Waals surface area contributed by atoms with Crippen molar-refractivity contribution in [1.82, 2.24) is 4.90 Å². The zero-order valence-electron chi connectivity index (χ0n) is 9.89. The van der Waals surface area contributed by atoms with Crippen LogP contribution in [-0.4, -0.2) is 32.6 Å². The zero-order chi connectivity index (χ0) is 12.1. The second-order valence-electron chi connectivity index (χ2n) is 4.00. The summed E-state index contributed by atoms with van der Waals surface area (Å²) in [6, 6.07) is 2.66. The summed E-state index contributed by atoms with van der Waals surface area (Å²) in [5, 5.41) is 0. The van der Waals surface area contributed by atoms with Gasteiger partial charge in [-0.3, -0.25) is 0 Å². The molecule has 0 atom stereocenters. The van der Waals surface area contributed by atoms with Gasteiger partial charge in [-0.25, -0.2) is 8.78 Å². The average molecular weight is 229 g/mol. The number of ether oxygens (including phenoxy) is 1. The first-order valence-electron chi connectivity index (χ1n) is 5.21. The fraction of sp³-hybridized carbons (Fsp3) is 0.500. The molecule has 0 aliphatic carbocycles. The molecule has 0 aromatic heterocycles. The normalized spacial score (nSPS) is 10.9. The van der Waals surface area contributed by atoms with Gasteiger partial charge >= 0.3 is 0 Å². The van der Waals surface area contributed by atoms with Gasteiger partial charge in [-0.1, -0.05) is 0 Å². The fourth-order valence-corrected chi connectivity index (χ4v) is 1.55. The molecule has 0 saturated heterocycles. The van der Waals surface area contributed by atoms with E-state index in [1.54, 1.807) is 0 Å². The third-order valence-corrected chi connectivity index (χ3v) is 2.33. The molecule has 0 aliphatic rings. The van der Waals surface area contributed by atoms with Crippen molar-refractivity contribution in [3.8, 4) is 5.75 Å². The smallest absolute Gasteiger partial charge is 0.190 e. The Bertz CT molecular complexity index is 330. The van der Waals surface area contributed by atoms with Crippen LogP contribution in [0, 0.1) is 11.6 Å². The zero-order valence-corrected chi connectivity index (χ0v) is 9.89. The average Bonchev–Trinajstić information content (AvgIpc) is 2.16. The van der Waals surface area contributed by atoms with Gasteiger partial charge in [0.2, 0.25) is 0 Å². The number of hydrogen-bond acceptors (Lipinski definition) is 2. The van der Waals surface area contributed by atoms with E-state index in [1.807, 2.05) is 19.0 Å². The fourth-order valence-electron chi connectivity index (χ4n) is 1.55. The van der Waals surface area contributed by atoms with Gasteiger partial charge in [-0.2, -0.15) is 0 Å². The van der Waals surface area contributed by atoms with E-state index < -0.39 is 11.6 Å². The topological polar surface area (TPSA) is 12.5 Å². The highest BCUT2D eigenvalue weighted by Gasteiger charge is 2.11. The molecule has 0 radical (unpaired) electrons. The Hall–Kier alpha value is -1.16. The van der Waals surface area contributed by atoms with Crippen LogP contribution >= 0.6 is 0 Å². The van der Waals surface area contributed by atoms with E-state index in [-0.39, 0.29) is 5.75 Å². The lowest BCUT2D eigenvalue weighted by molar-refractivity contribution is 0.358. The molecule has 0 bridgehead atoms. The molecular weight excluding hydrogens is 212 g/mol. The van der Waals surface area contributed by atoms with E-state index in [0.717, 1.165) is 13.0 Å². The molecule has 0 amide bonds. The lowest BCUT2D eigenvalue weighted by atomic mass is 10.1. The number of benzene rings is 1. The summed E-state index contributed by atoms with van der Waals surface area (Å²) in [5.74, 6) is -1.58. The van der Waals surface area contributed by atoms with Gasteiger partial charge in [0.05, 0.1) is 7.11 Å². The molecule has 0 spiro atoms. The van der Waals surface area contributed by atoms with Crippen molar-refractivity contribution in [1.29, 1.82) is 0 Å². The molecule has 0 fully saturated rings. The minimum atomic E-state index is -0.637. The molecule has 90 valence electrons. The van der Waals surface area contributed by atoms with E-state index in [0.29, 0.717) is 12.0 Å². The third kappa shape index (κ3) is 3.45. The largest absolute Gasteiger partial charge is 0.491 e. The molecule has 0 N–H and O–H groups in total. The molecule has 4 heteroatoms. The minimum Gasteiger partial charge on any atom is -0.491 e. The quantitative estimate of drug-likeness (QED) is 0.769. The summed E-state index contributed by atoms with van der Waals surface area (Å²) < 4.78 is 31.3. The van der Waals surface area contributed by atoms with Crippen molar-refractivity contribution < 1.29 is 13.5 Å². The SMILES string of the molecule is COc1c(F)cc(CCCN(C)C)cc1F. The minimum absolute atomic E-state index is 0.309. The molecule has 0 saturated carbocycles. The van der Waals surface area contributed by atoms with E-state index in [1.165, 1.54) is 19.2 Å². The number of hydrogen-bond donors (Lipinski definition) is 0. The van der Waals surface area contributed by atoms with Crippen LogP contribution in [-0.2, 0) is 6.42 Å². The first-order valence-corrected chi connectivity index (χ1v) is 5.21.